The van der Waals surface area contributed by atoms with Crippen LogP contribution >= 0.6 is 15.9 Å². The molecule has 68 valence electrons. The van der Waals surface area contributed by atoms with Crippen LogP contribution in [0.1, 0.15) is 0 Å². The molecule has 0 saturated carbocycles. The lowest BCUT2D eigenvalue weighted by atomic mass is 10.5. The number of nitrogens with one attached hydrogen (secondary N) is 1. The second kappa shape index (κ2) is 3.29. The number of carbonyl (C=O) groups is 1. The Balaban J connectivity index is 2.29. The average Bonchev–Trinajstić information content (AvgIpc) is 2.51. The van der Waals surface area contributed by atoms with Gasteiger partial charge in [-0.3, -0.25) is 4.90 Å². The van der Waals surface area contributed by atoms with Crippen molar-refractivity contribution in [1.29, 1.82) is 0 Å². The zero-order valence-corrected chi connectivity index (χ0v) is 8.28. The predicted molar refractivity (Wildman–Crippen MR) is 50.5 cm³/mol. The zero-order valence-electron chi connectivity index (χ0n) is 6.70. The Bertz CT molecular complexity index is 343. The molecule has 5 nitrogen and oxygen atoms in total. The molecule has 2 rings (SSSR count). The van der Waals surface area contributed by atoms with E-state index in [-0.39, 0.29) is 6.03 Å². The summed E-state index contributed by atoms with van der Waals surface area (Å²) in [7, 11) is 0. The van der Waals surface area contributed by atoms with E-state index in [9.17, 15) is 4.79 Å². The fraction of sp³-hybridized carbons (Fsp3) is 0.286. The summed E-state index contributed by atoms with van der Waals surface area (Å²) in [6.07, 6.45) is 1.61. The van der Waals surface area contributed by atoms with Crippen molar-refractivity contribution in [2.45, 2.75) is 0 Å². The Morgan fingerprint density at radius 2 is 2.46 bits per heavy atom. The Kier molecular flexibility index (Phi) is 2.13. The van der Waals surface area contributed by atoms with Gasteiger partial charge in [0.1, 0.15) is 5.82 Å². The number of amides is 2. The molecule has 0 unspecified atom stereocenters. The first-order valence-electron chi connectivity index (χ1n) is 3.81. The van der Waals surface area contributed by atoms with Gasteiger partial charge in [0.25, 0.3) is 0 Å². The molecule has 13 heavy (non-hydrogen) atoms. The Morgan fingerprint density at radius 3 is 3.08 bits per heavy atom. The van der Waals surface area contributed by atoms with E-state index in [1.807, 2.05) is 0 Å². The van der Waals surface area contributed by atoms with E-state index in [1.165, 1.54) is 0 Å². The lowest BCUT2D eigenvalue weighted by Gasteiger charge is -2.11. The van der Waals surface area contributed by atoms with Crippen molar-refractivity contribution in [2.24, 2.45) is 0 Å². The van der Waals surface area contributed by atoms with Crippen molar-refractivity contribution in [3.63, 3.8) is 0 Å². The monoisotopic (exact) mass is 242 g/mol. The molecule has 2 amide bonds. The summed E-state index contributed by atoms with van der Waals surface area (Å²) in [5, 5.41) is 2.70. The summed E-state index contributed by atoms with van der Waals surface area (Å²) in [4.78, 5) is 20.8. The summed E-state index contributed by atoms with van der Waals surface area (Å²) >= 11 is 3.15. The van der Waals surface area contributed by atoms with E-state index in [1.54, 1.807) is 17.2 Å². The Morgan fingerprint density at radius 1 is 1.62 bits per heavy atom. The lowest BCUT2D eigenvalue weighted by Crippen LogP contribution is -2.28. The van der Waals surface area contributed by atoms with Crippen molar-refractivity contribution in [1.82, 2.24) is 15.3 Å². The van der Waals surface area contributed by atoms with Gasteiger partial charge in [-0.2, -0.15) is 0 Å². The van der Waals surface area contributed by atoms with Gasteiger partial charge < -0.3 is 5.32 Å². The van der Waals surface area contributed by atoms with Crippen LogP contribution in [0, 0.1) is 0 Å². The first kappa shape index (κ1) is 8.43. The van der Waals surface area contributed by atoms with Gasteiger partial charge >= 0.3 is 6.03 Å². The van der Waals surface area contributed by atoms with E-state index in [0.29, 0.717) is 23.6 Å². The molecule has 1 fully saturated rings. The number of hydrogen-bond donors (Lipinski definition) is 1. The van der Waals surface area contributed by atoms with Crippen LogP contribution in [0.3, 0.4) is 0 Å². The van der Waals surface area contributed by atoms with E-state index in [0.717, 1.165) is 0 Å². The molecular formula is C7H7BrN4O. The van der Waals surface area contributed by atoms with E-state index < -0.39 is 0 Å². The molecule has 0 atom stereocenters. The second-order valence-electron chi connectivity index (χ2n) is 2.57. The van der Waals surface area contributed by atoms with Crippen LogP contribution in [-0.2, 0) is 0 Å². The molecule has 1 aromatic heterocycles. The highest BCUT2D eigenvalue weighted by atomic mass is 79.9. The number of hydrogen-bond acceptors (Lipinski definition) is 3. The number of carbonyl (C=O) groups excluding carboxylic acids is 1. The molecule has 1 aromatic rings. The standard InChI is InChI=1S/C7H7BrN4O/c8-6-9-2-1-5(11-6)12-4-3-10-7(12)13/h1-2H,3-4H2,(H,10,13). The third kappa shape index (κ3) is 1.62. The van der Waals surface area contributed by atoms with E-state index in [4.69, 9.17) is 0 Å². The lowest BCUT2D eigenvalue weighted by molar-refractivity contribution is 0.252. The minimum Gasteiger partial charge on any atom is -0.336 e. The molecule has 1 aliphatic heterocycles. The largest absolute Gasteiger partial charge is 0.336 e. The third-order valence-electron chi connectivity index (χ3n) is 1.74. The molecule has 0 radical (unpaired) electrons. The molecule has 1 saturated heterocycles. The number of anilines is 1. The van der Waals surface area contributed by atoms with Crippen LogP contribution in [0.4, 0.5) is 10.6 Å². The van der Waals surface area contributed by atoms with Gasteiger partial charge in [-0.05, 0) is 22.0 Å². The molecule has 0 spiro atoms. The molecule has 2 heterocycles. The Labute approximate surface area is 83.3 Å². The van der Waals surface area contributed by atoms with Crippen LogP contribution in [0.15, 0.2) is 17.0 Å². The van der Waals surface area contributed by atoms with Crippen LogP contribution in [0.25, 0.3) is 0 Å². The van der Waals surface area contributed by atoms with Crippen molar-refractivity contribution in [3.8, 4) is 0 Å². The quantitative estimate of drug-likeness (QED) is 0.741. The molecule has 0 aliphatic carbocycles. The minimum atomic E-state index is -0.106. The average molecular weight is 243 g/mol. The zero-order chi connectivity index (χ0) is 9.26. The molecular weight excluding hydrogens is 236 g/mol. The van der Waals surface area contributed by atoms with Crippen molar-refractivity contribution >= 4 is 27.8 Å². The first-order chi connectivity index (χ1) is 6.27. The minimum absolute atomic E-state index is 0.106. The summed E-state index contributed by atoms with van der Waals surface area (Å²) in [6, 6.07) is 1.60. The highest BCUT2D eigenvalue weighted by molar-refractivity contribution is 9.10. The number of aromatic nitrogens is 2. The fourth-order valence-corrected chi connectivity index (χ4v) is 1.47. The fourth-order valence-electron chi connectivity index (χ4n) is 1.17. The summed E-state index contributed by atoms with van der Waals surface area (Å²) in [5.74, 6) is 0.622. The highest BCUT2D eigenvalue weighted by Crippen LogP contribution is 2.14. The van der Waals surface area contributed by atoms with Gasteiger partial charge in [0.05, 0.1) is 0 Å². The first-order valence-corrected chi connectivity index (χ1v) is 4.60. The maximum atomic E-state index is 11.2. The number of nitrogens with zero attached hydrogens (tertiary/aromatic N) is 3. The summed E-state index contributed by atoms with van der Waals surface area (Å²) < 4.78 is 0.490. The second-order valence-corrected chi connectivity index (χ2v) is 3.28. The SMILES string of the molecule is O=C1NCCN1c1ccnc(Br)n1. The van der Waals surface area contributed by atoms with Crippen molar-refractivity contribution in [3.05, 3.63) is 17.0 Å². The topological polar surface area (TPSA) is 58.1 Å². The smallest absolute Gasteiger partial charge is 0.323 e. The van der Waals surface area contributed by atoms with Gasteiger partial charge in [-0.15, -0.1) is 0 Å². The summed E-state index contributed by atoms with van der Waals surface area (Å²) in [6.45, 7) is 1.32. The van der Waals surface area contributed by atoms with Gasteiger partial charge in [-0.25, -0.2) is 14.8 Å². The van der Waals surface area contributed by atoms with E-state index >= 15 is 0 Å². The maximum absolute atomic E-state index is 11.2. The normalized spacial score (nSPS) is 16.1. The molecule has 1 aliphatic rings. The van der Waals surface area contributed by atoms with Crippen LogP contribution in [-0.4, -0.2) is 29.1 Å². The molecule has 1 N–H and O–H groups in total. The van der Waals surface area contributed by atoms with Crippen molar-refractivity contribution in [2.75, 3.05) is 18.0 Å². The van der Waals surface area contributed by atoms with Gasteiger partial charge in [0, 0.05) is 19.3 Å². The Hall–Kier alpha value is -1.17. The van der Waals surface area contributed by atoms with Crippen LogP contribution in [0.2, 0.25) is 0 Å². The highest BCUT2D eigenvalue weighted by Gasteiger charge is 2.22. The molecule has 6 heteroatoms. The molecule has 0 aromatic carbocycles. The van der Waals surface area contributed by atoms with Crippen molar-refractivity contribution < 1.29 is 4.79 Å². The predicted octanol–water partition coefficient (Wildman–Crippen LogP) is 0.769. The molecule has 0 bridgehead atoms. The summed E-state index contributed by atoms with van der Waals surface area (Å²) in [5.41, 5.74) is 0. The van der Waals surface area contributed by atoms with Gasteiger partial charge in [0.15, 0.2) is 4.73 Å². The third-order valence-corrected chi connectivity index (χ3v) is 2.13. The van der Waals surface area contributed by atoms with Gasteiger partial charge in [0.2, 0.25) is 0 Å². The maximum Gasteiger partial charge on any atom is 0.323 e. The number of rotatable bonds is 1. The van der Waals surface area contributed by atoms with Crippen LogP contribution in [0.5, 0.6) is 0 Å². The number of halogens is 1. The van der Waals surface area contributed by atoms with Crippen LogP contribution < -0.4 is 10.2 Å². The number of urea groups is 1. The van der Waals surface area contributed by atoms with Gasteiger partial charge in [-0.1, -0.05) is 0 Å². The van der Waals surface area contributed by atoms with E-state index in [2.05, 4.69) is 31.2 Å².